The number of hydrogen-bond acceptors (Lipinski definition) is 5. The smallest absolute Gasteiger partial charge is 0.329 e. The van der Waals surface area contributed by atoms with E-state index in [0.29, 0.717) is 18.8 Å². The molecule has 1 heterocycles. The van der Waals surface area contributed by atoms with E-state index < -0.39 is 30.6 Å². The van der Waals surface area contributed by atoms with Gasteiger partial charge in [0.1, 0.15) is 6.04 Å². The Kier molecular flexibility index (Phi) is 8.06. The Balaban J connectivity index is 1.76. The van der Waals surface area contributed by atoms with Gasteiger partial charge in [-0.15, -0.1) is 0 Å². The third-order valence-electron chi connectivity index (χ3n) is 4.14. The molecular formula is C19H27N3O5. The Morgan fingerprint density at radius 3 is 2.59 bits per heavy atom. The average molecular weight is 377 g/mol. The molecule has 0 saturated carbocycles. The summed E-state index contributed by atoms with van der Waals surface area (Å²) >= 11 is 0. The largest absolute Gasteiger partial charge is 0.454 e. The van der Waals surface area contributed by atoms with Crippen molar-refractivity contribution in [2.24, 2.45) is 5.92 Å². The van der Waals surface area contributed by atoms with Gasteiger partial charge in [-0.25, -0.2) is 9.59 Å². The van der Waals surface area contributed by atoms with Crippen molar-refractivity contribution >= 4 is 23.6 Å². The number of urea groups is 1. The van der Waals surface area contributed by atoms with Gasteiger partial charge in [0.15, 0.2) is 6.61 Å². The first-order valence-electron chi connectivity index (χ1n) is 9.13. The van der Waals surface area contributed by atoms with Crippen molar-refractivity contribution in [1.82, 2.24) is 10.6 Å². The lowest BCUT2D eigenvalue weighted by atomic mass is 10.1. The Morgan fingerprint density at radius 2 is 1.96 bits per heavy atom. The summed E-state index contributed by atoms with van der Waals surface area (Å²) in [5.41, 5.74) is 0.611. The van der Waals surface area contributed by atoms with E-state index in [9.17, 15) is 14.4 Å². The second-order valence-corrected chi connectivity index (χ2v) is 6.73. The molecule has 3 N–H and O–H groups in total. The SMILES string of the molecule is CC(C)[C@@H](NC(=O)Nc1ccccc1)C(=O)OCC(=O)NC[C@H]1CCCO1. The molecule has 27 heavy (non-hydrogen) atoms. The second kappa shape index (κ2) is 10.5. The molecule has 1 aromatic rings. The number of esters is 1. The third-order valence-corrected chi connectivity index (χ3v) is 4.14. The lowest BCUT2D eigenvalue weighted by molar-refractivity contribution is -0.151. The van der Waals surface area contributed by atoms with Crippen molar-refractivity contribution in [1.29, 1.82) is 0 Å². The maximum Gasteiger partial charge on any atom is 0.329 e. The molecule has 3 amide bonds. The van der Waals surface area contributed by atoms with Gasteiger partial charge in [-0.05, 0) is 30.9 Å². The van der Waals surface area contributed by atoms with Crippen molar-refractivity contribution in [3.05, 3.63) is 30.3 Å². The summed E-state index contributed by atoms with van der Waals surface area (Å²) in [5, 5.41) is 7.92. The number of ether oxygens (including phenoxy) is 2. The standard InChI is InChI=1S/C19H27N3O5/c1-13(2)17(22-19(25)21-14-7-4-3-5-8-14)18(24)27-12-16(23)20-11-15-9-6-10-26-15/h3-5,7-8,13,15,17H,6,9-12H2,1-2H3,(H,20,23)(H2,21,22,25)/t15-,17-/m1/s1. The molecule has 148 valence electrons. The van der Waals surface area contributed by atoms with E-state index in [1.54, 1.807) is 38.1 Å². The molecule has 0 aromatic heterocycles. The number of rotatable bonds is 8. The second-order valence-electron chi connectivity index (χ2n) is 6.73. The highest BCUT2D eigenvalue weighted by Gasteiger charge is 2.26. The fourth-order valence-corrected chi connectivity index (χ4v) is 2.64. The molecular weight excluding hydrogens is 350 g/mol. The maximum atomic E-state index is 12.3. The van der Waals surface area contributed by atoms with Crippen LogP contribution in [-0.2, 0) is 19.1 Å². The zero-order chi connectivity index (χ0) is 19.6. The molecule has 8 nitrogen and oxygen atoms in total. The minimum absolute atomic E-state index is 0.0245. The van der Waals surface area contributed by atoms with Crippen molar-refractivity contribution in [3.63, 3.8) is 0 Å². The highest BCUT2D eigenvalue weighted by molar-refractivity contribution is 5.93. The first-order valence-corrected chi connectivity index (χ1v) is 9.13. The number of hydrogen-bond donors (Lipinski definition) is 3. The molecule has 1 aliphatic heterocycles. The van der Waals surface area contributed by atoms with Crippen molar-refractivity contribution < 1.29 is 23.9 Å². The summed E-state index contributed by atoms with van der Waals surface area (Å²) in [5.74, 6) is -1.25. The van der Waals surface area contributed by atoms with Crippen LogP contribution in [0, 0.1) is 5.92 Å². The lowest BCUT2D eigenvalue weighted by Crippen LogP contribution is -2.47. The van der Waals surface area contributed by atoms with Crippen LogP contribution < -0.4 is 16.0 Å². The van der Waals surface area contributed by atoms with Crippen molar-refractivity contribution in [3.8, 4) is 0 Å². The van der Waals surface area contributed by atoms with Gasteiger partial charge in [0, 0.05) is 18.8 Å². The quantitative estimate of drug-likeness (QED) is 0.598. The Morgan fingerprint density at radius 1 is 1.22 bits per heavy atom. The summed E-state index contributed by atoms with van der Waals surface area (Å²) in [6, 6.07) is 7.51. The summed E-state index contributed by atoms with van der Waals surface area (Å²) in [6.45, 7) is 4.29. The molecule has 0 radical (unpaired) electrons. The minimum Gasteiger partial charge on any atom is -0.454 e. The van der Waals surface area contributed by atoms with Crippen molar-refractivity contribution in [2.45, 2.75) is 38.8 Å². The fourth-order valence-electron chi connectivity index (χ4n) is 2.64. The minimum atomic E-state index is -0.861. The predicted molar refractivity (Wildman–Crippen MR) is 100 cm³/mol. The Hall–Kier alpha value is -2.61. The molecule has 1 aliphatic rings. The number of para-hydroxylation sites is 1. The van der Waals surface area contributed by atoms with Gasteiger partial charge in [0.25, 0.3) is 5.91 Å². The van der Waals surface area contributed by atoms with E-state index in [1.165, 1.54) is 0 Å². The molecule has 0 spiro atoms. The zero-order valence-electron chi connectivity index (χ0n) is 15.7. The van der Waals surface area contributed by atoms with Crippen LogP contribution in [0.3, 0.4) is 0 Å². The number of nitrogens with one attached hydrogen (secondary N) is 3. The molecule has 1 fully saturated rings. The average Bonchev–Trinajstić information content (AvgIpc) is 3.16. The van der Waals surface area contributed by atoms with Crippen LogP contribution in [-0.4, -0.2) is 49.8 Å². The fraction of sp³-hybridized carbons (Fsp3) is 0.526. The lowest BCUT2D eigenvalue weighted by Gasteiger charge is -2.21. The molecule has 0 unspecified atom stereocenters. The zero-order valence-corrected chi connectivity index (χ0v) is 15.7. The Bertz CT molecular complexity index is 629. The van der Waals surface area contributed by atoms with Gasteiger partial charge in [0.2, 0.25) is 0 Å². The van der Waals surface area contributed by atoms with Crippen LogP contribution in [0.25, 0.3) is 0 Å². The number of benzene rings is 1. The van der Waals surface area contributed by atoms with Gasteiger partial charge in [-0.2, -0.15) is 0 Å². The van der Waals surface area contributed by atoms with Gasteiger partial charge in [-0.3, -0.25) is 4.79 Å². The topological polar surface area (TPSA) is 106 Å². The molecule has 0 aliphatic carbocycles. The normalized spacial score (nSPS) is 17.2. The van der Waals surface area contributed by atoms with E-state index >= 15 is 0 Å². The summed E-state index contributed by atoms with van der Waals surface area (Å²) in [4.78, 5) is 36.2. The first kappa shape index (κ1) is 20.7. The van der Waals surface area contributed by atoms with Gasteiger partial charge < -0.3 is 25.4 Å². The number of carbonyl (C=O) groups excluding carboxylic acids is 3. The van der Waals surface area contributed by atoms with Gasteiger partial charge in [-0.1, -0.05) is 32.0 Å². The van der Waals surface area contributed by atoms with Crippen LogP contribution in [0.4, 0.5) is 10.5 Å². The van der Waals surface area contributed by atoms with E-state index in [-0.39, 0.29) is 12.0 Å². The van der Waals surface area contributed by atoms with Crippen LogP contribution in [0.1, 0.15) is 26.7 Å². The third kappa shape index (κ3) is 7.26. The number of anilines is 1. The van der Waals surface area contributed by atoms with Crippen LogP contribution in [0.2, 0.25) is 0 Å². The molecule has 0 bridgehead atoms. The summed E-state index contributed by atoms with van der Waals surface area (Å²) in [7, 11) is 0. The number of amides is 3. The Labute approximate surface area is 159 Å². The van der Waals surface area contributed by atoms with Crippen LogP contribution in [0.5, 0.6) is 0 Å². The van der Waals surface area contributed by atoms with Crippen LogP contribution in [0.15, 0.2) is 30.3 Å². The molecule has 1 saturated heterocycles. The van der Waals surface area contributed by atoms with E-state index in [2.05, 4.69) is 16.0 Å². The molecule has 1 aromatic carbocycles. The summed E-state index contributed by atoms with van der Waals surface area (Å²) in [6.07, 6.45) is 1.93. The predicted octanol–water partition coefficient (Wildman–Crippen LogP) is 1.67. The highest BCUT2D eigenvalue weighted by Crippen LogP contribution is 2.10. The maximum absolute atomic E-state index is 12.3. The van der Waals surface area contributed by atoms with Crippen LogP contribution >= 0.6 is 0 Å². The van der Waals surface area contributed by atoms with E-state index in [4.69, 9.17) is 9.47 Å². The highest BCUT2D eigenvalue weighted by atomic mass is 16.5. The number of carbonyl (C=O) groups is 3. The molecule has 8 heteroatoms. The first-order chi connectivity index (χ1) is 13.0. The van der Waals surface area contributed by atoms with Gasteiger partial charge in [0.05, 0.1) is 6.10 Å². The summed E-state index contributed by atoms with van der Waals surface area (Å²) < 4.78 is 10.5. The van der Waals surface area contributed by atoms with Gasteiger partial charge >= 0.3 is 12.0 Å². The van der Waals surface area contributed by atoms with Crippen molar-refractivity contribution in [2.75, 3.05) is 25.1 Å². The monoisotopic (exact) mass is 377 g/mol. The van der Waals surface area contributed by atoms with E-state index in [0.717, 1.165) is 12.8 Å². The van der Waals surface area contributed by atoms with E-state index in [1.807, 2.05) is 6.07 Å². The molecule has 2 atom stereocenters. The molecule has 2 rings (SSSR count).